The van der Waals surface area contributed by atoms with Gasteiger partial charge < -0.3 is 4.74 Å². The third-order valence-corrected chi connectivity index (χ3v) is 2.92. The van der Waals surface area contributed by atoms with E-state index in [2.05, 4.69) is 0 Å². The topological polar surface area (TPSA) is 74.5 Å². The molecule has 2 rings (SSSR count). The van der Waals surface area contributed by atoms with Crippen LogP contribution >= 0.6 is 0 Å². The molecular weight excluding hydrogens is 248 g/mol. The Balaban J connectivity index is 2.83. The molecule has 0 amide bonds. The van der Waals surface area contributed by atoms with Gasteiger partial charge in [0, 0.05) is 29.4 Å². The van der Waals surface area contributed by atoms with E-state index in [1.807, 2.05) is 6.92 Å². The van der Waals surface area contributed by atoms with Crippen LogP contribution in [0.3, 0.4) is 0 Å². The number of benzene rings is 1. The van der Waals surface area contributed by atoms with Gasteiger partial charge in [-0.2, -0.15) is 0 Å². The molecule has 6 heteroatoms. The van der Waals surface area contributed by atoms with Crippen molar-refractivity contribution in [2.75, 3.05) is 6.61 Å². The number of carbonyl (C=O) groups excluding carboxylic acids is 1. The van der Waals surface area contributed by atoms with Gasteiger partial charge in [0.1, 0.15) is 5.75 Å². The van der Waals surface area contributed by atoms with Gasteiger partial charge in [0.15, 0.2) is 0 Å². The summed E-state index contributed by atoms with van der Waals surface area (Å²) in [5, 5.41) is 20.2. The molecule has 0 saturated carbocycles. The average molecular weight is 264 g/mol. The molecule has 2 N–H and O–H groups in total. The summed E-state index contributed by atoms with van der Waals surface area (Å²) in [6.07, 6.45) is 0. The van der Waals surface area contributed by atoms with Crippen molar-refractivity contribution in [2.24, 2.45) is 0 Å². The Morgan fingerprint density at radius 2 is 1.95 bits per heavy atom. The number of ketones is 1. The number of hydrogen-bond donors (Lipinski definition) is 2. The van der Waals surface area contributed by atoms with Crippen LogP contribution in [0.2, 0.25) is 0 Å². The van der Waals surface area contributed by atoms with Crippen molar-refractivity contribution in [3.63, 3.8) is 0 Å². The standard InChI is InChI=1S/C13H16N2O4/c1-4-19-10-5-6-11-12(7-10)15(18)13(9(3)16)8(2)14(11)17/h5-7,17-18H,4H2,1-3H3/q+2. The quantitative estimate of drug-likeness (QED) is 0.488. The molecule has 0 saturated heterocycles. The molecule has 100 valence electrons. The number of nitrogens with zero attached hydrogens (tertiary/aromatic N) is 2. The van der Waals surface area contributed by atoms with Crippen LogP contribution in [0.1, 0.15) is 30.0 Å². The minimum Gasteiger partial charge on any atom is -0.494 e. The van der Waals surface area contributed by atoms with E-state index in [0.717, 1.165) is 9.46 Å². The van der Waals surface area contributed by atoms with Gasteiger partial charge in [0.2, 0.25) is 5.78 Å². The Kier molecular flexibility index (Phi) is 3.25. The highest BCUT2D eigenvalue weighted by molar-refractivity contribution is 5.92. The first-order valence-electron chi connectivity index (χ1n) is 5.94. The summed E-state index contributed by atoms with van der Waals surface area (Å²) >= 11 is 0. The van der Waals surface area contributed by atoms with Gasteiger partial charge in [-0.25, -0.2) is 0 Å². The zero-order valence-corrected chi connectivity index (χ0v) is 11.0. The second kappa shape index (κ2) is 4.72. The van der Waals surface area contributed by atoms with E-state index in [4.69, 9.17) is 4.74 Å². The first-order valence-corrected chi connectivity index (χ1v) is 5.94. The molecule has 1 heterocycles. The summed E-state index contributed by atoms with van der Waals surface area (Å²) in [5.41, 5.74) is 0.980. The maximum atomic E-state index is 11.6. The van der Waals surface area contributed by atoms with Crippen LogP contribution in [0.15, 0.2) is 18.2 Å². The van der Waals surface area contributed by atoms with Crippen LogP contribution in [-0.2, 0) is 0 Å². The molecule has 0 fully saturated rings. The van der Waals surface area contributed by atoms with Crippen LogP contribution in [-0.4, -0.2) is 22.8 Å². The average Bonchev–Trinajstić information content (AvgIpc) is 2.36. The molecule has 0 aliphatic carbocycles. The van der Waals surface area contributed by atoms with Crippen molar-refractivity contribution in [1.29, 1.82) is 0 Å². The highest BCUT2D eigenvalue weighted by Gasteiger charge is 2.35. The van der Waals surface area contributed by atoms with Gasteiger partial charge in [-0.3, -0.25) is 15.2 Å². The number of hydrogen-bond acceptors (Lipinski definition) is 4. The molecule has 0 atom stereocenters. The van der Waals surface area contributed by atoms with E-state index >= 15 is 0 Å². The van der Waals surface area contributed by atoms with Gasteiger partial charge in [0.25, 0.3) is 0 Å². The van der Waals surface area contributed by atoms with Crippen molar-refractivity contribution in [3.8, 4) is 5.75 Å². The van der Waals surface area contributed by atoms with Gasteiger partial charge in [0.05, 0.1) is 12.7 Å². The second-order valence-corrected chi connectivity index (χ2v) is 4.20. The highest BCUT2D eigenvalue weighted by Crippen LogP contribution is 2.17. The summed E-state index contributed by atoms with van der Waals surface area (Å²) in [4.78, 5) is 11.6. The Hall–Kier alpha value is -2.37. The van der Waals surface area contributed by atoms with Crippen LogP contribution < -0.4 is 14.2 Å². The Morgan fingerprint density at radius 1 is 1.26 bits per heavy atom. The third kappa shape index (κ3) is 2.05. The molecule has 19 heavy (non-hydrogen) atoms. The highest BCUT2D eigenvalue weighted by atomic mass is 16.5. The maximum Gasteiger partial charge on any atom is 0.371 e. The molecule has 1 aromatic carbocycles. The van der Waals surface area contributed by atoms with Crippen LogP contribution in [0, 0.1) is 6.92 Å². The predicted octanol–water partition coefficient (Wildman–Crippen LogP) is 0.799. The SMILES string of the molecule is CCOc1ccc2c(c1)[n+](O)c(C(C)=O)c(C)[n+]2O. The molecule has 0 aliphatic rings. The second-order valence-electron chi connectivity index (χ2n) is 4.20. The Morgan fingerprint density at radius 3 is 2.53 bits per heavy atom. The molecule has 1 aromatic heterocycles. The van der Waals surface area contributed by atoms with Crippen molar-refractivity contribution < 1.29 is 29.4 Å². The van der Waals surface area contributed by atoms with E-state index in [9.17, 15) is 15.2 Å². The molecule has 2 aromatic rings. The normalized spacial score (nSPS) is 10.7. The molecule has 6 nitrogen and oxygen atoms in total. The summed E-state index contributed by atoms with van der Waals surface area (Å²) in [6, 6.07) is 4.87. The zero-order chi connectivity index (χ0) is 14.2. The van der Waals surface area contributed by atoms with Gasteiger partial charge >= 0.3 is 22.4 Å². The summed E-state index contributed by atoms with van der Waals surface area (Å²) in [7, 11) is 0. The van der Waals surface area contributed by atoms with Gasteiger partial charge in [-0.1, -0.05) is 0 Å². The lowest BCUT2D eigenvalue weighted by Gasteiger charge is -2.02. The largest absolute Gasteiger partial charge is 0.494 e. The summed E-state index contributed by atoms with van der Waals surface area (Å²) in [6.45, 7) is 5.22. The van der Waals surface area contributed by atoms with Crippen LogP contribution in [0.25, 0.3) is 11.0 Å². The number of fused-ring (bicyclic) bond motifs is 1. The molecular formula is C13H16N2O4+2. The number of aromatic nitrogens is 2. The van der Waals surface area contributed by atoms with E-state index in [-0.39, 0.29) is 17.2 Å². The Bertz CT molecular complexity index is 667. The van der Waals surface area contributed by atoms with Crippen molar-refractivity contribution in [3.05, 3.63) is 29.6 Å². The van der Waals surface area contributed by atoms with E-state index in [0.29, 0.717) is 23.4 Å². The fraction of sp³-hybridized carbons (Fsp3) is 0.308. The monoisotopic (exact) mass is 264 g/mol. The summed E-state index contributed by atoms with van der Waals surface area (Å²) < 4.78 is 7.00. The molecule has 0 spiro atoms. The van der Waals surface area contributed by atoms with Crippen LogP contribution in [0.5, 0.6) is 5.75 Å². The van der Waals surface area contributed by atoms with E-state index in [1.54, 1.807) is 25.1 Å². The number of carbonyl (C=O) groups is 1. The first-order chi connectivity index (χ1) is 8.97. The lowest BCUT2D eigenvalue weighted by molar-refractivity contribution is -0.924. The lowest BCUT2D eigenvalue weighted by atomic mass is 10.2. The number of ether oxygens (including phenoxy) is 1. The Labute approximate surface area is 110 Å². The van der Waals surface area contributed by atoms with E-state index in [1.165, 1.54) is 6.92 Å². The third-order valence-electron chi connectivity index (χ3n) is 2.92. The van der Waals surface area contributed by atoms with Crippen molar-refractivity contribution >= 4 is 16.8 Å². The lowest BCUT2D eigenvalue weighted by Crippen LogP contribution is -2.49. The predicted molar refractivity (Wildman–Crippen MR) is 64.6 cm³/mol. The molecule has 0 unspecified atom stereocenters. The number of Topliss-reactive ketones (excluding diaryl/α,β-unsaturated/α-hetero) is 1. The number of rotatable bonds is 3. The minimum atomic E-state index is -0.341. The van der Waals surface area contributed by atoms with E-state index < -0.39 is 0 Å². The summed E-state index contributed by atoms with van der Waals surface area (Å²) in [5.74, 6) is 0.211. The fourth-order valence-corrected chi connectivity index (χ4v) is 2.07. The maximum absolute atomic E-state index is 11.6. The van der Waals surface area contributed by atoms with Crippen molar-refractivity contribution in [1.82, 2.24) is 0 Å². The first kappa shape index (κ1) is 13.1. The van der Waals surface area contributed by atoms with Gasteiger partial charge in [-0.15, -0.1) is 0 Å². The van der Waals surface area contributed by atoms with Crippen molar-refractivity contribution in [2.45, 2.75) is 20.8 Å². The fourth-order valence-electron chi connectivity index (χ4n) is 2.07. The molecule has 0 bridgehead atoms. The smallest absolute Gasteiger partial charge is 0.371 e. The van der Waals surface area contributed by atoms with Gasteiger partial charge in [-0.05, 0) is 13.0 Å². The van der Waals surface area contributed by atoms with Crippen LogP contribution in [0.4, 0.5) is 0 Å². The molecule has 0 aliphatic heterocycles. The minimum absolute atomic E-state index is 0.0312. The molecule has 0 radical (unpaired) electrons. The zero-order valence-electron chi connectivity index (χ0n) is 11.0.